The molecule has 1 aliphatic rings. The Morgan fingerprint density at radius 1 is 1.10 bits per heavy atom. The van der Waals surface area contributed by atoms with Crippen molar-refractivity contribution in [3.63, 3.8) is 0 Å². The molecule has 5 rings (SSSR count). The second kappa shape index (κ2) is 12.0. The van der Waals surface area contributed by atoms with Crippen LogP contribution in [0.1, 0.15) is 58.9 Å². The minimum Gasteiger partial charge on any atom is -0.493 e. The molecular weight excluding hydrogens is 518 g/mol. The standard InChI is InChI=1S/C32H37N5O4/c1-6-41-29-17-23-9-7-13-36-26(24(23)18-28(29)40-5)19-30(34-31-21(3)15-20(2)16-22(31)4)37(32(36)39)14-8-10-27(38)25-11-12-33-35-25/h11-12,15-19H,6-10,13-14H2,1-5H3,(H,33,35). The van der Waals surface area contributed by atoms with Gasteiger partial charge in [0.15, 0.2) is 17.3 Å². The van der Waals surface area contributed by atoms with Crippen molar-refractivity contribution in [2.24, 2.45) is 4.99 Å². The number of Topliss-reactive ketones (excluding diaryl/α,β-unsaturated/α-hetero) is 1. The molecule has 2 aromatic carbocycles. The number of rotatable bonds is 9. The fourth-order valence-corrected chi connectivity index (χ4v) is 5.68. The van der Waals surface area contributed by atoms with Crippen LogP contribution in [0.2, 0.25) is 0 Å². The van der Waals surface area contributed by atoms with E-state index in [9.17, 15) is 9.59 Å². The fourth-order valence-electron chi connectivity index (χ4n) is 5.68. The lowest BCUT2D eigenvalue weighted by Gasteiger charge is -2.18. The molecule has 0 bridgehead atoms. The molecule has 214 valence electrons. The number of fused-ring (bicyclic) bond motifs is 3. The molecule has 4 aromatic rings. The number of aromatic amines is 1. The molecule has 0 fully saturated rings. The Bertz CT molecular complexity index is 1690. The Kier molecular flexibility index (Phi) is 8.23. The number of nitrogens with zero attached hydrogens (tertiary/aromatic N) is 4. The van der Waals surface area contributed by atoms with E-state index in [-0.39, 0.29) is 11.5 Å². The van der Waals surface area contributed by atoms with Crippen LogP contribution in [0.15, 0.2) is 52.4 Å². The molecule has 0 unspecified atom stereocenters. The van der Waals surface area contributed by atoms with Crippen molar-refractivity contribution in [1.82, 2.24) is 19.3 Å². The van der Waals surface area contributed by atoms with Gasteiger partial charge in [0.25, 0.3) is 0 Å². The maximum Gasteiger partial charge on any atom is 0.330 e. The first-order valence-electron chi connectivity index (χ1n) is 14.1. The number of carbonyl (C=O) groups is 1. The predicted molar refractivity (Wildman–Crippen MR) is 158 cm³/mol. The van der Waals surface area contributed by atoms with Gasteiger partial charge in [-0.1, -0.05) is 17.7 Å². The SMILES string of the molecule is CCOc1cc2c(cc1OC)-c1cc(=Nc3c(C)cc(C)cc3C)n(CCCC(=O)c3ccn[nH]3)c(=O)n1CCC2. The molecule has 0 saturated heterocycles. The number of carbonyl (C=O) groups excluding carboxylic acids is 1. The summed E-state index contributed by atoms with van der Waals surface area (Å²) in [6.45, 7) is 9.56. The van der Waals surface area contributed by atoms with Crippen molar-refractivity contribution in [2.75, 3.05) is 13.7 Å². The maximum absolute atomic E-state index is 14.1. The molecule has 2 aromatic heterocycles. The average molecular weight is 556 g/mol. The number of aryl methyl sites for hydroxylation is 4. The quantitative estimate of drug-likeness (QED) is 0.286. The first kappa shape index (κ1) is 28.1. The van der Waals surface area contributed by atoms with Crippen LogP contribution in [-0.4, -0.2) is 38.8 Å². The molecule has 0 aliphatic carbocycles. The third-order valence-electron chi connectivity index (χ3n) is 7.54. The molecule has 1 aliphatic heterocycles. The van der Waals surface area contributed by atoms with Crippen LogP contribution in [0.3, 0.4) is 0 Å². The average Bonchev–Trinajstić information content (AvgIpc) is 3.42. The zero-order valence-electron chi connectivity index (χ0n) is 24.4. The second-order valence-corrected chi connectivity index (χ2v) is 10.5. The van der Waals surface area contributed by atoms with E-state index in [1.807, 2.05) is 43.5 Å². The van der Waals surface area contributed by atoms with Crippen LogP contribution in [0.25, 0.3) is 11.3 Å². The summed E-state index contributed by atoms with van der Waals surface area (Å²) < 4.78 is 15.1. The molecule has 9 nitrogen and oxygen atoms in total. The smallest absolute Gasteiger partial charge is 0.330 e. The van der Waals surface area contributed by atoms with Gasteiger partial charge in [-0.25, -0.2) is 9.79 Å². The molecule has 0 atom stereocenters. The first-order valence-corrected chi connectivity index (χ1v) is 14.1. The van der Waals surface area contributed by atoms with Crippen LogP contribution >= 0.6 is 0 Å². The number of hydrogen-bond donors (Lipinski definition) is 1. The van der Waals surface area contributed by atoms with Gasteiger partial charge in [0.1, 0.15) is 11.2 Å². The number of nitrogens with one attached hydrogen (secondary N) is 1. The highest BCUT2D eigenvalue weighted by Crippen LogP contribution is 2.37. The molecule has 0 saturated carbocycles. The number of aromatic nitrogens is 4. The topological polar surface area (TPSA) is 104 Å². The van der Waals surface area contributed by atoms with Gasteiger partial charge in [-0.3, -0.25) is 19.0 Å². The highest BCUT2D eigenvalue weighted by atomic mass is 16.5. The zero-order valence-corrected chi connectivity index (χ0v) is 24.4. The summed E-state index contributed by atoms with van der Waals surface area (Å²) in [5, 5.41) is 6.60. The zero-order chi connectivity index (χ0) is 29.1. The predicted octanol–water partition coefficient (Wildman–Crippen LogP) is 5.21. The van der Waals surface area contributed by atoms with Crippen LogP contribution < -0.4 is 20.7 Å². The third-order valence-corrected chi connectivity index (χ3v) is 7.54. The van der Waals surface area contributed by atoms with E-state index >= 15 is 0 Å². The number of H-pyrrole nitrogens is 1. The minimum atomic E-state index is -0.140. The van der Waals surface area contributed by atoms with E-state index in [0.717, 1.165) is 52.0 Å². The normalized spacial score (nSPS) is 13.0. The first-order chi connectivity index (χ1) is 19.8. The van der Waals surface area contributed by atoms with E-state index in [0.29, 0.717) is 55.2 Å². The van der Waals surface area contributed by atoms with E-state index in [1.165, 1.54) is 0 Å². The monoisotopic (exact) mass is 555 g/mol. The molecule has 0 spiro atoms. The van der Waals surface area contributed by atoms with Crippen LogP contribution in [0.5, 0.6) is 11.5 Å². The molecule has 0 amide bonds. The van der Waals surface area contributed by atoms with Crippen molar-refractivity contribution in [3.8, 4) is 22.8 Å². The van der Waals surface area contributed by atoms with Gasteiger partial charge in [-0.05, 0) is 81.8 Å². The number of benzene rings is 2. The van der Waals surface area contributed by atoms with Gasteiger partial charge in [0.05, 0.1) is 25.1 Å². The van der Waals surface area contributed by atoms with Gasteiger partial charge in [0, 0.05) is 37.3 Å². The van der Waals surface area contributed by atoms with Crippen LogP contribution in [0, 0.1) is 20.8 Å². The van der Waals surface area contributed by atoms with Gasteiger partial charge in [-0.2, -0.15) is 5.10 Å². The fraction of sp³-hybridized carbons (Fsp3) is 0.375. The molecule has 9 heteroatoms. The summed E-state index contributed by atoms with van der Waals surface area (Å²) in [5.41, 5.74) is 7.84. The molecule has 41 heavy (non-hydrogen) atoms. The molecule has 0 radical (unpaired) electrons. The second-order valence-electron chi connectivity index (χ2n) is 10.5. The summed E-state index contributed by atoms with van der Waals surface area (Å²) in [4.78, 5) is 31.9. The number of methoxy groups -OCH3 is 1. The van der Waals surface area contributed by atoms with E-state index in [4.69, 9.17) is 14.5 Å². The van der Waals surface area contributed by atoms with Gasteiger partial charge in [-0.15, -0.1) is 0 Å². The Balaban J connectivity index is 1.67. The van der Waals surface area contributed by atoms with Crippen LogP contribution in [-0.2, 0) is 19.5 Å². The lowest BCUT2D eigenvalue weighted by atomic mass is 10.0. The number of hydrogen-bond acceptors (Lipinski definition) is 6. The Morgan fingerprint density at radius 3 is 2.56 bits per heavy atom. The maximum atomic E-state index is 14.1. The third kappa shape index (κ3) is 5.75. The Labute approximate surface area is 239 Å². The summed E-state index contributed by atoms with van der Waals surface area (Å²) in [6, 6.07) is 11.9. The highest BCUT2D eigenvalue weighted by molar-refractivity contribution is 5.94. The number of ether oxygens (including phenoxy) is 2. The highest BCUT2D eigenvalue weighted by Gasteiger charge is 2.21. The lowest BCUT2D eigenvalue weighted by molar-refractivity contribution is 0.0973. The van der Waals surface area contributed by atoms with Crippen molar-refractivity contribution in [1.29, 1.82) is 0 Å². The van der Waals surface area contributed by atoms with Crippen molar-refractivity contribution in [3.05, 3.63) is 86.5 Å². The van der Waals surface area contributed by atoms with Gasteiger partial charge in [0.2, 0.25) is 0 Å². The lowest BCUT2D eigenvalue weighted by Crippen LogP contribution is -2.40. The Morgan fingerprint density at radius 2 is 1.88 bits per heavy atom. The minimum absolute atomic E-state index is 0.0344. The molecule has 3 heterocycles. The summed E-state index contributed by atoms with van der Waals surface area (Å²) >= 11 is 0. The van der Waals surface area contributed by atoms with E-state index in [2.05, 4.69) is 29.3 Å². The Hall–Kier alpha value is -4.40. The van der Waals surface area contributed by atoms with Gasteiger partial charge < -0.3 is 9.47 Å². The summed E-state index contributed by atoms with van der Waals surface area (Å²) in [5.74, 6) is 1.30. The van der Waals surface area contributed by atoms with E-state index in [1.54, 1.807) is 23.9 Å². The van der Waals surface area contributed by atoms with Crippen molar-refractivity contribution < 1.29 is 14.3 Å². The van der Waals surface area contributed by atoms with Gasteiger partial charge >= 0.3 is 5.69 Å². The van der Waals surface area contributed by atoms with Crippen molar-refractivity contribution in [2.45, 2.75) is 66.5 Å². The van der Waals surface area contributed by atoms with E-state index < -0.39 is 0 Å². The molecule has 1 N–H and O–H groups in total. The number of ketones is 1. The molecular formula is C32H37N5O4. The summed E-state index contributed by atoms with van der Waals surface area (Å²) in [6.07, 6.45) is 3.96. The van der Waals surface area contributed by atoms with Crippen LogP contribution in [0.4, 0.5) is 5.69 Å². The summed E-state index contributed by atoms with van der Waals surface area (Å²) in [7, 11) is 1.63. The van der Waals surface area contributed by atoms with Crippen molar-refractivity contribution >= 4 is 11.5 Å². The largest absolute Gasteiger partial charge is 0.493 e.